The number of carboxylic acid groups (broad SMARTS) is 1. The van der Waals surface area contributed by atoms with Gasteiger partial charge in [-0.05, 0) is 32.1 Å². The third kappa shape index (κ3) is 3.46. The lowest BCUT2D eigenvalue weighted by atomic mass is 10.1. The number of aliphatic carboxylic acids is 1. The first-order chi connectivity index (χ1) is 9.90. The van der Waals surface area contributed by atoms with Crippen molar-refractivity contribution in [3.63, 3.8) is 0 Å². The van der Waals surface area contributed by atoms with Gasteiger partial charge in [0.1, 0.15) is 0 Å². The van der Waals surface area contributed by atoms with Gasteiger partial charge in [-0.2, -0.15) is 5.10 Å². The fourth-order valence-electron chi connectivity index (χ4n) is 2.09. The van der Waals surface area contributed by atoms with E-state index in [0.717, 1.165) is 28.6 Å². The highest BCUT2D eigenvalue weighted by molar-refractivity contribution is 6.35. The second-order valence-corrected chi connectivity index (χ2v) is 5.43. The highest BCUT2D eigenvalue weighted by atomic mass is 35.5. The summed E-state index contributed by atoms with van der Waals surface area (Å²) in [4.78, 5) is 10.6. The van der Waals surface area contributed by atoms with Gasteiger partial charge in [-0.1, -0.05) is 29.3 Å². The van der Waals surface area contributed by atoms with Crippen molar-refractivity contribution < 1.29 is 9.90 Å². The van der Waals surface area contributed by atoms with Gasteiger partial charge < -0.3 is 5.11 Å². The average Bonchev–Trinajstić information content (AvgIpc) is 2.67. The molecule has 0 radical (unpaired) electrons. The Morgan fingerprint density at radius 3 is 2.52 bits per heavy atom. The molecule has 1 aromatic heterocycles. The third-order valence-electron chi connectivity index (χ3n) is 3.20. The van der Waals surface area contributed by atoms with Gasteiger partial charge in [0.25, 0.3) is 0 Å². The van der Waals surface area contributed by atoms with Gasteiger partial charge >= 0.3 is 5.97 Å². The summed E-state index contributed by atoms with van der Waals surface area (Å²) in [6.45, 7) is 4.15. The van der Waals surface area contributed by atoms with Crippen LogP contribution in [0.4, 0.5) is 0 Å². The molecule has 0 bridgehead atoms. The van der Waals surface area contributed by atoms with Crippen LogP contribution < -0.4 is 0 Å². The summed E-state index contributed by atoms with van der Waals surface area (Å²) >= 11 is 12.3. The molecule has 1 N–H and O–H groups in total. The molecule has 0 unspecified atom stereocenters. The molecule has 4 nitrogen and oxygen atoms in total. The molecule has 2 aromatic rings. The number of carboxylic acids is 1. The number of aromatic nitrogens is 2. The van der Waals surface area contributed by atoms with Crippen LogP contribution >= 0.6 is 23.2 Å². The van der Waals surface area contributed by atoms with E-state index in [9.17, 15) is 4.79 Å². The van der Waals surface area contributed by atoms with E-state index < -0.39 is 5.97 Å². The van der Waals surface area contributed by atoms with Gasteiger partial charge in [-0.25, -0.2) is 4.79 Å². The van der Waals surface area contributed by atoms with E-state index in [2.05, 4.69) is 5.10 Å². The molecular formula is C15H14Cl2N2O2. The maximum absolute atomic E-state index is 10.6. The lowest BCUT2D eigenvalue weighted by molar-refractivity contribution is -0.131. The standard InChI is InChI=1S/C15H14Cl2N2O2/c1-9-11(6-7-15(20)21)10(2)19(18-9)8-12-13(16)4-3-5-14(12)17/h3-7H,8H2,1-2H3,(H,20,21). The minimum Gasteiger partial charge on any atom is -0.478 e. The Bertz CT molecular complexity index is 700. The Labute approximate surface area is 132 Å². The molecule has 1 aromatic carbocycles. The summed E-state index contributed by atoms with van der Waals surface area (Å²) < 4.78 is 1.77. The monoisotopic (exact) mass is 324 g/mol. The number of aryl methyl sites for hydroxylation is 1. The van der Waals surface area contributed by atoms with E-state index in [1.165, 1.54) is 0 Å². The van der Waals surface area contributed by atoms with Crippen LogP contribution in [0.1, 0.15) is 22.5 Å². The molecule has 0 spiro atoms. The zero-order chi connectivity index (χ0) is 15.6. The molecule has 0 aliphatic carbocycles. The van der Waals surface area contributed by atoms with E-state index in [1.54, 1.807) is 29.0 Å². The molecule has 0 atom stereocenters. The molecule has 2 rings (SSSR count). The number of hydrogen-bond acceptors (Lipinski definition) is 2. The SMILES string of the molecule is Cc1nn(Cc2c(Cl)cccc2Cl)c(C)c1C=CC(=O)O. The highest BCUT2D eigenvalue weighted by Crippen LogP contribution is 2.26. The zero-order valence-electron chi connectivity index (χ0n) is 11.6. The number of carbonyl (C=O) groups is 1. The highest BCUT2D eigenvalue weighted by Gasteiger charge is 2.13. The Hall–Kier alpha value is -1.78. The molecule has 110 valence electrons. The van der Waals surface area contributed by atoms with Crippen LogP contribution in [-0.4, -0.2) is 20.9 Å². The molecule has 0 aliphatic heterocycles. The maximum atomic E-state index is 10.6. The molecule has 0 amide bonds. The number of nitrogens with zero attached hydrogens (tertiary/aromatic N) is 2. The van der Waals surface area contributed by atoms with Crippen LogP contribution in [-0.2, 0) is 11.3 Å². The second kappa shape index (κ2) is 6.33. The second-order valence-electron chi connectivity index (χ2n) is 4.61. The minimum atomic E-state index is -0.990. The Morgan fingerprint density at radius 2 is 1.95 bits per heavy atom. The van der Waals surface area contributed by atoms with E-state index in [0.29, 0.717) is 16.6 Å². The topological polar surface area (TPSA) is 55.1 Å². The van der Waals surface area contributed by atoms with Crippen LogP contribution in [0, 0.1) is 13.8 Å². The van der Waals surface area contributed by atoms with Crippen molar-refractivity contribution in [2.75, 3.05) is 0 Å². The number of rotatable bonds is 4. The molecule has 0 saturated heterocycles. The van der Waals surface area contributed by atoms with Crippen LogP contribution in [0.15, 0.2) is 24.3 Å². The smallest absolute Gasteiger partial charge is 0.328 e. The average molecular weight is 325 g/mol. The number of benzene rings is 1. The summed E-state index contributed by atoms with van der Waals surface area (Å²) in [5, 5.41) is 14.3. The number of halogens is 2. The van der Waals surface area contributed by atoms with Gasteiger partial charge in [0.05, 0.1) is 12.2 Å². The van der Waals surface area contributed by atoms with Gasteiger partial charge in [-0.15, -0.1) is 0 Å². The Balaban J connectivity index is 2.38. The van der Waals surface area contributed by atoms with Crippen LogP contribution in [0.3, 0.4) is 0 Å². The Kier molecular flexibility index (Phi) is 4.70. The third-order valence-corrected chi connectivity index (χ3v) is 3.91. The lowest BCUT2D eigenvalue weighted by Gasteiger charge is -2.08. The van der Waals surface area contributed by atoms with Crippen molar-refractivity contribution in [2.24, 2.45) is 0 Å². The summed E-state index contributed by atoms with van der Waals surface area (Å²) in [6.07, 6.45) is 2.65. The molecule has 0 aliphatic rings. The van der Waals surface area contributed by atoms with Crippen molar-refractivity contribution in [1.82, 2.24) is 9.78 Å². The van der Waals surface area contributed by atoms with Gasteiger partial charge in [-0.3, -0.25) is 4.68 Å². The summed E-state index contributed by atoms with van der Waals surface area (Å²) in [5.41, 5.74) is 3.20. The van der Waals surface area contributed by atoms with E-state index in [1.807, 2.05) is 13.8 Å². The minimum absolute atomic E-state index is 0.437. The molecule has 1 heterocycles. The van der Waals surface area contributed by atoms with Crippen molar-refractivity contribution in [3.05, 3.63) is 56.8 Å². The predicted molar refractivity (Wildman–Crippen MR) is 83.9 cm³/mol. The van der Waals surface area contributed by atoms with Crippen LogP contribution in [0.5, 0.6) is 0 Å². The molecule has 6 heteroatoms. The van der Waals surface area contributed by atoms with Gasteiger partial charge in [0, 0.05) is 32.9 Å². The van der Waals surface area contributed by atoms with Crippen LogP contribution in [0.25, 0.3) is 6.08 Å². The Morgan fingerprint density at radius 1 is 1.33 bits per heavy atom. The first kappa shape index (κ1) is 15.6. The van der Waals surface area contributed by atoms with Crippen molar-refractivity contribution >= 4 is 35.2 Å². The zero-order valence-corrected chi connectivity index (χ0v) is 13.1. The van der Waals surface area contributed by atoms with Crippen molar-refractivity contribution in [3.8, 4) is 0 Å². The van der Waals surface area contributed by atoms with Gasteiger partial charge in [0.2, 0.25) is 0 Å². The molecule has 0 saturated carbocycles. The fraction of sp³-hybridized carbons (Fsp3) is 0.200. The quantitative estimate of drug-likeness (QED) is 0.866. The van der Waals surface area contributed by atoms with Crippen LogP contribution in [0.2, 0.25) is 10.0 Å². The summed E-state index contributed by atoms with van der Waals surface area (Å²) in [6, 6.07) is 5.34. The van der Waals surface area contributed by atoms with E-state index in [-0.39, 0.29) is 0 Å². The first-order valence-corrected chi connectivity index (χ1v) is 7.03. The fourth-order valence-corrected chi connectivity index (χ4v) is 2.61. The lowest BCUT2D eigenvalue weighted by Crippen LogP contribution is -2.05. The largest absolute Gasteiger partial charge is 0.478 e. The maximum Gasteiger partial charge on any atom is 0.328 e. The predicted octanol–water partition coefficient (Wildman–Crippen LogP) is 3.95. The van der Waals surface area contributed by atoms with Crippen molar-refractivity contribution in [2.45, 2.75) is 20.4 Å². The number of hydrogen-bond donors (Lipinski definition) is 1. The first-order valence-electron chi connectivity index (χ1n) is 6.28. The van der Waals surface area contributed by atoms with E-state index >= 15 is 0 Å². The molecule has 0 fully saturated rings. The van der Waals surface area contributed by atoms with E-state index in [4.69, 9.17) is 28.3 Å². The molecular weight excluding hydrogens is 311 g/mol. The molecule has 21 heavy (non-hydrogen) atoms. The summed E-state index contributed by atoms with van der Waals surface area (Å²) in [7, 11) is 0. The van der Waals surface area contributed by atoms with Gasteiger partial charge in [0.15, 0.2) is 0 Å². The normalized spacial score (nSPS) is 11.2. The summed E-state index contributed by atoms with van der Waals surface area (Å²) in [5.74, 6) is -0.990. The van der Waals surface area contributed by atoms with Crippen molar-refractivity contribution in [1.29, 1.82) is 0 Å².